The van der Waals surface area contributed by atoms with Crippen molar-refractivity contribution in [1.82, 2.24) is 30.0 Å². The number of nitrogens with zero attached hydrogens (tertiary/aromatic N) is 6. The predicted octanol–water partition coefficient (Wildman–Crippen LogP) is 1.53. The van der Waals surface area contributed by atoms with Crippen LogP contribution in [0.15, 0.2) is 41.1 Å². The molecule has 2 aromatic heterocycles. The van der Waals surface area contributed by atoms with Crippen molar-refractivity contribution in [2.75, 3.05) is 13.1 Å². The molecule has 0 unspecified atom stereocenters. The smallest absolute Gasteiger partial charge is 0.276 e. The van der Waals surface area contributed by atoms with Crippen molar-refractivity contribution in [3.63, 3.8) is 0 Å². The number of rotatable bonds is 3. The summed E-state index contributed by atoms with van der Waals surface area (Å²) >= 11 is 0. The molecule has 1 aromatic carbocycles. The van der Waals surface area contributed by atoms with Crippen LogP contribution >= 0.6 is 0 Å². The Balaban J connectivity index is 1.65. The third-order valence-electron chi connectivity index (χ3n) is 4.52. The van der Waals surface area contributed by atoms with Gasteiger partial charge in [-0.25, -0.2) is 0 Å². The van der Waals surface area contributed by atoms with E-state index in [9.17, 15) is 4.79 Å². The number of likely N-dealkylation sites (tertiary alicyclic amines) is 1. The van der Waals surface area contributed by atoms with Gasteiger partial charge >= 0.3 is 0 Å². The molecular formula is C17H18N6O2. The highest BCUT2D eigenvalue weighted by atomic mass is 16.5. The molecule has 0 aliphatic carbocycles. The highest BCUT2D eigenvalue weighted by molar-refractivity contribution is 5.92. The first kappa shape index (κ1) is 15.5. The number of hydrogen-bond donors (Lipinski definition) is 0. The Morgan fingerprint density at radius 3 is 2.60 bits per heavy atom. The molecule has 4 rings (SSSR count). The molecule has 1 amide bonds. The first-order valence-corrected chi connectivity index (χ1v) is 8.12. The highest BCUT2D eigenvalue weighted by Gasteiger charge is 2.40. The number of aryl methyl sites for hydroxylation is 2. The van der Waals surface area contributed by atoms with Crippen LogP contribution < -0.4 is 0 Å². The molecule has 1 aliphatic rings. The van der Waals surface area contributed by atoms with Crippen molar-refractivity contribution < 1.29 is 9.32 Å². The third-order valence-corrected chi connectivity index (χ3v) is 4.52. The molecule has 0 spiro atoms. The maximum absolute atomic E-state index is 12.8. The zero-order valence-corrected chi connectivity index (χ0v) is 14.0. The number of carbonyl (C=O) groups excluding carboxylic acids is 1. The Labute approximate surface area is 144 Å². The second-order valence-electron chi connectivity index (χ2n) is 6.29. The fraction of sp³-hybridized carbons (Fsp3) is 0.353. The van der Waals surface area contributed by atoms with E-state index in [0.29, 0.717) is 30.5 Å². The third kappa shape index (κ3) is 2.90. The minimum absolute atomic E-state index is 0.0378. The van der Waals surface area contributed by atoms with Gasteiger partial charge in [-0.05, 0) is 12.5 Å². The van der Waals surface area contributed by atoms with Gasteiger partial charge in [0.15, 0.2) is 11.5 Å². The SMILES string of the molecule is Cc1noc([C@@H]2CN(C(=O)c3cn(C)nn3)C[C@H]2c2ccccc2)n1. The van der Waals surface area contributed by atoms with Crippen LogP contribution in [0.1, 0.15) is 39.6 Å². The van der Waals surface area contributed by atoms with E-state index in [-0.39, 0.29) is 17.7 Å². The van der Waals surface area contributed by atoms with E-state index in [4.69, 9.17) is 4.52 Å². The molecular weight excluding hydrogens is 320 g/mol. The van der Waals surface area contributed by atoms with Crippen molar-refractivity contribution in [2.45, 2.75) is 18.8 Å². The van der Waals surface area contributed by atoms with E-state index in [1.165, 1.54) is 4.68 Å². The van der Waals surface area contributed by atoms with E-state index in [2.05, 4.69) is 32.6 Å². The maximum atomic E-state index is 12.8. The monoisotopic (exact) mass is 338 g/mol. The van der Waals surface area contributed by atoms with Crippen molar-refractivity contribution in [1.29, 1.82) is 0 Å². The first-order chi connectivity index (χ1) is 12.1. The average molecular weight is 338 g/mol. The van der Waals surface area contributed by atoms with Crippen LogP contribution in [0.4, 0.5) is 0 Å². The molecule has 25 heavy (non-hydrogen) atoms. The van der Waals surface area contributed by atoms with E-state index >= 15 is 0 Å². The second-order valence-corrected chi connectivity index (χ2v) is 6.29. The largest absolute Gasteiger partial charge is 0.339 e. The van der Waals surface area contributed by atoms with Gasteiger partial charge in [0, 0.05) is 26.1 Å². The molecule has 128 valence electrons. The Hall–Kier alpha value is -3.03. The molecule has 0 bridgehead atoms. The molecule has 8 heteroatoms. The van der Waals surface area contributed by atoms with Crippen LogP contribution in [0.5, 0.6) is 0 Å². The van der Waals surface area contributed by atoms with E-state index in [1.807, 2.05) is 18.2 Å². The van der Waals surface area contributed by atoms with E-state index in [0.717, 1.165) is 5.56 Å². The molecule has 8 nitrogen and oxygen atoms in total. The van der Waals surface area contributed by atoms with Gasteiger partial charge in [0.25, 0.3) is 5.91 Å². The standard InChI is InChI=1S/C17H18N6O2/c1-11-18-16(25-20-11)14-9-23(17(24)15-10-22(2)21-19-15)8-13(14)12-6-4-3-5-7-12/h3-7,10,13-14H,8-9H2,1-2H3/t13-,14+/m0/s1. The molecule has 3 heterocycles. The summed E-state index contributed by atoms with van der Waals surface area (Å²) in [6, 6.07) is 10.1. The van der Waals surface area contributed by atoms with Crippen LogP contribution in [0.2, 0.25) is 0 Å². The van der Waals surface area contributed by atoms with Gasteiger partial charge in [-0.1, -0.05) is 40.7 Å². The van der Waals surface area contributed by atoms with Crippen molar-refractivity contribution in [3.05, 3.63) is 59.5 Å². The normalized spacial score (nSPS) is 20.2. The number of aromatic nitrogens is 5. The van der Waals surface area contributed by atoms with Crippen LogP contribution in [-0.4, -0.2) is 49.0 Å². The lowest BCUT2D eigenvalue weighted by molar-refractivity contribution is 0.0782. The maximum Gasteiger partial charge on any atom is 0.276 e. The number of benzene rings is 1. The molecule has 0 N–H and O–H groups in total. The summed E-state index contributed by atoms with van der Waals surface area (Å²) in [6.45, 7) is 2.88. The topological polar surface area (TPSA) is 89.9 Å². The zero-order chi connectivity index (χ0) is 17.4. The lowest BCUT2D eigenvalue weighted by atomic mass is 9.89. The Morgan fingerprint density at radius 2 is 1.96 bits per heavy atom. The van der Waals surface area contributed by atoms with Gasteiger partial charge in [0.2, 0.25) is 5.89 Å². The van der Waals surface area contributed by atoms with E-state index in [1.54, 1.807) is 25.1 Å². The van der Waals surface area contributed by atoms with Crippen molar-refractivity contribution >= 4 is 5.91 Å². The second kappa shape index (κ2) is 6.12. The van der Waals surface area contributed by atoms with Crippen LogP contribution in [0, 0.1) is 6.92 Å². The van der Waals surface area contributed by atoms with Crippen molar-refractivity contribution in [2.24, 2.45) is 7.05 Å². The number of amides is 1. The molecule has 1 fully saturated rings. The lowest BCUT2D eigenvalue weighted by Crippen LogP contribution is -2.29. The Kier molecular flexibility index (Phi) is 3.79. The molecule has 0 radical (unpaired) electrons. The minimum Gasteiger partial charge on any atom is -0.339 e. The minimum atomic E-state index is -0.132. The van der Waals surface area contributed by atoms with Crippen molar-refractivity contribution in [3.8, 4) is 0 Å². The summed E-state index contributed by atoms with van der Waals surface area (Å²) in [6.07, 6.45) is 1.63. The zero-order valence-electron chi connectivity index (χ0n) is 14.0. The van der Waals surface area contributed by atoms with Gasteiger partial charge in [0.1, 0.15) is 0 Å². The van der Waals surface area contributed by atoms with Crippen LogP contribution in [-0.2, 0) is 7.05 Å². The quantitative estimate of drug-likeness (QED) is 0.719. The molecule has 0 saturated carbocycles. The van der Waals surface area contributed by atoms with Gasteiger partial charge in [0.05, 0.1) is 12.1 Å². The lowest BCUT2D eigenvalue weighted by Gasteiger charge is -2.15. The Bertz CT molecular complexity index is 887. The first-order valence-electron chi connectivity index (χ1n) is 8.12. The summed E-state index contributed by atoms with van der Waals surface area (Å²) in [7, 11) is 1.74. The van der Waals surface area contributed by atoms with Gasteiger partial charge in [-0.2, -0.15) is 4.98 Å². The van der Waals surface area contributed by atoms with Gasteiger partial charge < -0.3 is 9.42 Å². The predicted molar refractivity (Wildman–Crippen MR) is 87.9 cm³/mol. The summed E-state index contributed by atoms with van der Waals surface area (Å²) in [5, 5.41) is 11.7. The summed E-state index contributed by atoms with van der Waals surface area (Å²) in [5.74, 6) is 1.10. The Morgan fingerprint density at radius 1 is 1.20 bits per heavy atom. The van der Waals surface area contributed by atoms with Gasteiger partial charge in [-0.15, -0.1) is 5.10 Å². The molecule has 3 aromatic rings. The number of hydrogen-bond acceptors (Lipinski definition) is 6. The van der Waals surface area contributed by atoms with Gasteiger partial charge in [-0.3, -0.25) is 9.48 Å². The summed E-state index contributed by atoms with van der Waals surface area (Å²) in [5.41, 5.74) is 1.49. The van der Waals surface area contributed by atoms with Crippen LogP contribution in [0.25, 0.3) is 0 Å². The van der Waals surface area contributed by atoms with E-state index < -0.39 is 0 Å². The summed E-state index contributed by atoms with van der Waals surface area (Å²) < 4.78 is 6.93. The number of carbonyl (C=O) groups is 1. The highest BCUT2D eigenvalue weighted by Crippen LogP contribution is 2.39. The van der Waals surface area contributed by atoms with Crippen LogP contribution in [0.3, 0.4) is 0 Å². The fourth-order valence-electron chi connectivity index (χ4n) is 3.33. The fourth-order valence-corrected chi connectivity index (χ4v) is 3.33. The summed E-state index contributed by atoms with van der Waals surface area (Å²) in [4.78, 5) is 18.9. The molecule has 1 aliphatic heterocycles. The molecule has 1 saturated heterocycles. The molecule has 2 atom stereocenters. The average Bonchev–Trinajstić information content (AvgIpc) is 3.34.